The van der Waals surface area contributed by atoms with Crippen LogP contribution < -0.4 is 59.1 Å². The van der Waals surface area contributed by atoms with Crippen LogP contribution in [0.5, 0.6) is 46.0 Å². The molecule has 0 unspecified atom stereocenters. The molecule has 0 spiro atoms. The standard InChI is InChI=1S/4C14H12N2O2S.CH4O.2Zn/c4*1-9-14(18)11(17)6-7-16(9)8-13-15-10-4-2-3-5-12(10)19-13;1-2;;/h4*2-7,18H,8H2,1H3;2H,1H3;;/q;;;;;2*+2/p-4. The molecule has 8 heterocycles. The van der Waals surface area contributed by atoms with Crippen LogP contribution in [0.2, 0.25) is 0 Å². The summed E-state index contributed by atoms with van der Waals surface area (Å²) in [5.41, 5.74) is 5.65. The van der Waals surface area contributed by atoms with E-state index in [9.17, 15) is 40.9 Å². The van der Waals surface area contributed by atoms with Gasteiger partial charge in [-0.1, -0.05) is 48.5 Å². The van der Waals surface area contributed by atoms with Crippen LogP contribution in [0.1, 0.15) is 42.8 Å². The summed E-state index contributed by atoms with van der Waals surface area (Å²) in [7, 11) is 1.00. The van der Waals surface area contributed by atoms with Gasteiger partial charge in [-0.2, -0.15) is 18.3 Å². The van der Waals surface area contributed by atoms with Gasteiger partial charge in [0.15, 0.2) is 93.8 Å². The predicted molar refractivity (Wildman–Crippen MR) is 284 cm³/mol. The Kier molecular flexibility index (Phi) is 21.8. The van der Waals surface area contributed by atoms with Crippen molar-refractivity contribution in [2.75, 3.05) is 7.11 Å². The van der Waals surface area contributed by atoms with Gasteiger partial charge in [0, 0.05) is 34.8 Å². The molecule has 0 saturated carbocycles. The normalized spacial score (nSPS) is 10.5. The van der Waals surface area contributed by atoms with E-state index in [1.54, 1.807) is 116 Å². The van der Waals surface area contributed by atoms with Gasteiger partial charge in [-0.25, -0.2) is 19.9 Å². The molecule has 12 rings (SSSR count). The second-order valence-corrected chi connectivity index (χ2v) is 21.7. The van der Waals surface area contributed by atoms with Gasteiger partial charge in [0.2, 0.25) is 0 Å². The minimum atomic E-state index is -0.460. The van der Waals surface area contributed by atoms with Gasteiger partial charge in [0.25, 0.3) is 0 Å². The molecule has 398 valence electrons. The Hall–Kier alpha value is -7.35. The third-order valence-electron chi connectivity index (χ3n) is 12.1. The van der Waals surface area contributed by atoms with Crippen molar-refractivity contribution < 1.29 is 103 Å². The summed E-state index contributed by atoms with van der Waals surface area (Å²) in [6.45, 7) is 8.71. The van der Waals surface area contributed by atoms with Gasteiger partial charge >= 0.3 is 39.0 Å². The number of pyridine rings is 4. The molecule has 0 bridgehead atoms. The maximum atomic E-state index is 11.6. The fourth-order valence-corrected chi connectivity index (χ4v) is 11.7. The van der Waals surface area contributed by atoms with Crippen LogP contribution in [0.3, 0.4) is 0 Å². The van der Waals surface area contributed by atoms with Crippen LogP contribution in [0, 0.1) is 27.7 Å². The zero-order chi connectivity index (χ0) is 55.6. The largest absolute Gasteiger partial charge is 2.00 e. The van der Waals surface area contributed by atoms with Gasteiger partial charge < -0.3 is 46.0 Å². The average molecular weight is 1250 g/mol. The molecule has 0 amide bonds. The minimum Gasteiger partial charge on any atom is -0.873 e. The number of nitrogens with zero attached hydrogens (tertiary/aromatic N) is 8. The number of hydrogen-bond donors (Lipinski definition) is 1. The first-order valence-electron chi connectivity index (χ1n) is 23.9. The van der Waals surface area contributed by atoms with E-state index in [0.29, 0.717) is 49.0 Å². The molecule has 0 atom stereocenters. The van der Waals surface area contributed by atoms with Crippen LogP contribution >= 0.6 is 45.3 Å². The Balaban J connectivity index is 0.000000169. The zero-order valence-electron chi connectivity index (χ0n) is 44.0. The summed E-state index contributed by atoms with van der Waals surface area (Å²) < 4.78 is 11.6. The Morgan fingerprint density at radius 1 is 0.325 bits per heavy atom. The van der Waals surface area contributed by atoms with Gasteiger partial charge in [-0.3, -0.25) is 0 Å². The fraction of sp³-hybridized carbons (Fsp3) is 0.158. The minimum absolute atomic E-state index is 0. The summed E-state index contributed by atoms with van der Waals surface area (Å²) in [5, 5.41) is 102. The molecular weight excluding hydrogens is 1200 g/mol. The summed E-state index contributed by atoms with van der Waals surface area (Å²) >= 11 is 6.40. The van der Waals surface area contributed by atoms with Crippen LogP contribution in [0.25, 0.3) is 40.9 Å². The Labute approximate surface area is 501 Å². The van der Waals surface area contributed by atoms with Crippen LogP contribution in [-0.4, -0.2) is 32.2 Å². The number of thiazole rings is 4. The predicted octanol–water partition coefficient (Wildman–Crippen LogP) is 3.95. The van der Waals surface area contributed by atoms with Gasteiger partial charge in [-0.15, -0.1) is 68.3 Å². The summed E-state index contributed by atoms with van der Waals surface area (Å²) in [6.07, 6.45) is 6.58. The fourth-order valence-electron chi connectivity index (χ4n) is 7.83. The first-order chi connectivity index (χ1) is 37.6. The molecule has 17 nitrogen and oxygen atoms in total. The van der Waals surface area contributed by atoms with Crippen molar-refractivity contribution in [3.05, 3.63) is 189 Å². The van der Waals surface area contributed by atoms with E-state index >= 15 is 0 Å². The topological polar surface area (TPSA) is 272 Å². The number of benzene rings is 4. The molecule has 80 heavy (non-hydrogen) atoms. The van der Waals surface area contributed by atoms with Crippen LogP contribution in [0.15, 0.2) is 146 Å². The van der Waals surface area contributed by atoms with Gasteiger partial charge in [0.05, 0.1) is 40.9 Å². The van der Waals surface area contributed by atoms with Crippen molar-refractivity contribution in [1.29, 1.82) is 0 Å². The molecule has 8 aromatic heterocycles. The molecule has 23 heteroatoms. The molecule has 0 aliphatic carbocycles. The van der Waals surface area contributed by atoms with Crippen molar-refractivity contribution in [3.8, 4) is 46.0 Å². The molecule has 0 radical (unpaired) electrons. The van der Waals surface area contributed by atoms with E-state index in [1.807, 2.05) is 97.1 Å². The number of para-hydroxylation sites is 4. The average Bonchev–Trinajstić information content (AvgIpc) is 4.27. The molecule has 1 N–H and O–H groups in total. The van der Waals surface area contributed by atoms with Crippen molar-refractivity contribution >= 4 is 86.2 Å². The molecule has 12 aromatic rings. The van der Waals surface area contributed by atoms with Crippen molar-refractivity contribution in [2.45, 2.75) is 53.9 Å². The van der Waals surface area contributed by atoms with Crippen LogP contribution in [0.4, 0.5) is 0 Å². The quantitative estimate of drug-likeness (QED) is 0.167. The van der Waals surface area contributed by atoms with E-state index in [2.05, 4.69) is 19.9 Å². The van der Waals surface area contributed by atoms with E-state index in [1.165, 1.54) is 24.3 Å². The number of rotatable bonds is 8. The molecule has 0 saturated heterocycles. The molecule has 0 aliphatic rings. The Morgan fingerprint density at radius 2 is 0.512 bits per heavy atom. The molecular formula is C57H48N8O9S4Zn2. The smallest absolute Gasteiger partial charge is 0.873 e. The summed E-state index contributed by atoms with van der Waals surface area (Å²) in [5.74, 6) is -3.60. The zero-order valence-corrected chi connectivity index (χ0v) is 53.2. The van der Waals surface area contributed by atoms with E-state index < -0.39 is 46.0 Å². The number of aliphatic hydroxyl groups excluding tert-OH is 1. The molecule has 0 fully saturated rings. The Morgan fingerprint density at radius 3 is 0.700 bits per heavy atom. The SMILES string of the molecule is CO.Cc1c([O-])c([O-])cc[n+]1Cc1nc2ccccc2s1.Cc1c([O-])c([O-])cc[n+]1Cc1nc2ccccc2s1.Cc1c([O-])c([O-])cc[n+]1Cc1nc2ccccc2s1.Cc1c([O-])c([O-])cc[n+]1Cc1nc2ccccc2s1.[Zn+2].[Zn+2]. The van der Waals surface area contributed by atoms with Crippen LogP contribution in [-0.2, 0) is 65.1 Å². The monoisotopic (exact) mass is 1240 g/mol. The van der Waals surface area contributed by atoms with E-state index in [4.69, 9.17) is 5.11 Å². The van der Waals surface area contributed by atoms with Crippen molar-refractivity contribution in [1.82, 2.24) is 19.9 Å². The maximum absolute atomic E-state index is 11.6. The number of fused-ring (bicyclic) bond motifs is 4. The van der Waals surface area contributed by atoms with E-state index in [0.717, 1.165) is 68.0 Å². The van der Waals surface area contributed by atoms with Crippen molar-refractivity contribution in [3.63, 3.8) is 0 Å². The first-order valence-corrected chi connectivity index (χ1v) is 27.2. The second kappa shape index (κ2) is 28.2. The van der Waals surface area contributed by atoms with E-state index in [-0.39, 0.29) is 39.0 Å². The second-order valence-electron chi connectivity index (χ2n) is 17.2. The molecule has 4 aromatic carbocycles. The number of aromatic nitrogens is 8. The maximum Gasteiger partial charge on any atom is 2.00 e. The number of hydrogen-bond acceptors (Lipinski definition) is 17. The van der Waals surface area contributed by atoms with Crippen molar-refractivity contribution in [2.24, 2.45) is 0 Å². The number of aliphatic hydroxyl groups is 1. The first kappa shape index (κ1) is 61.9. The summed E-state index contributed by atoms with van der Waals surface area (Å²) in [4.78, 5) is 18.1. The summed E-state index contributed by atoms with van der Waals surface area (Å²) in [6, 6.07) is 36.9. The molecule has 0 aliphatic heterocycles. The van der Waals surface area contributed by atoms with Gasteiger partial charge in [0.1, 0.15) is 0 Å². The third kappa shape index (κ3) is 14.7. The van der Waals surface area contributed by atoms with Gasteiger partial charge in [-0.05, 0) is 95.8 Å². The Bertz CT molecular complexity index is 3410. The third-order valence-corrected chi connectivity index (χ3v) is 16.2.